The second kappa shape index (κ2) is 10.1. The summed E-state index contributed by atoms with van der Waals surface area (Å²) in [6, 6.07) is 21.8. The Labute approximate surface area is 206 Å². The Hall–Kier alpha value is -3.31. The molecule has 1 heterocycles. The molecule has 33 heavy (non-hydrogen) atoms. The van der Waals surface area contributed by atoms with Gasteiger partial charge in [0, 0.05) is 10.6 Å². The Balaban J connectivity index is 1.54. The highest BCUT2D eigenvalue weighted by molar-refractivity contribution is 8.27. The predicted molar refractivity (Wildman–Crippen MR) is 136 cm³/mol. The van der Waals surface area contributed by atoms with Crippen LogP contribution < -0.4 is 14.4 Å². The van der Waals surface area contributed by atoms with Crippen LogP contribution in [-0.2, 0) is 11.4 Å². The highest BCUT2D eigenvalue weighted by Crippen LogP contribution is 2.37. The number of rotatable bonds is 6. The molecule has 0 aliphatic carbocycles. The molecule has 3 aromatic carbocycles. The number of hydrogen-bond acceptors (Lipinski definition) is 6. The second-order valence-corrected chi connectivity index (χ2v) is 9.07. The van der Waals surface area contributed by atoms with Gasteiger partial charge in [-0.3, -0.25) is 9.69 Å². The molecule has 8 heteroatoms. The van der Waals surface area contributed by atoms with E-state index < -0.39 is 0 Å². The number of carbonyl (C=O) groups is 1. The summed E-state index contributed by atoms with van der Waals surface area (Å²) in [5.41, 5.74) is 2.80. The highest BCUT2D eigenvalue weighted by Gasteiger charge is 2.33. The average molecular weight is 493 g/mol. The molecule has 4 rings (SSSR count). The molecular formula is C25H17ClN2O3S2. The molecule has 0 saturated carbocycles. The summed E-state index contributed by atoms with van der Waals surface area (Å²) in [5.74, 6) is 0.863. The van der Waals surface area contributed by atoms with Crippen LogP contribution in [0.1, 0.15) is 16.7 Å². The Kier molecular flexibility index (Phi) is 6.99. The summed E-state index contributed by atoms with van der Waals surface area (Å²) >= 11 is 12.6. The van der Waals surface area contributed by atoms with Crippen LogP contribution >= 0.6 is 35.6 Å². The van der Waals surface area contributed by atoms with Gasteiger partial charge in [0.15, 0.2) is 15.8 Å². The summed E-state index contributed by atoms with van der Waals surface area (Å²) in [6.45, 7) is 0.235. The molecule has 0 bridgehead atoms. The van der Waals surface area contributed by atoms with Crippen molar-refractivity contribution in [3.63, 3.8) is 0 Å². The molecule has 1 aliphatic heterocycles. The number of carbonyl (C=O) groups excluding carboxylic acids is 1. The summed E-state index contributed by atoms with van der Waals surface area (Å²) in [4.78, 5) is 15.0. The van der Waals surface area contributed by atoms with E-state index in [9.17, 15) is 10.1 Å². The minimum atomic E-state index is -0.195. The van der Waals surface area contributed by atoms with Gasteiger partial charge in [-0.05, 0) is 54.1 Å². The van der Waals surface area contributed by atoms with Gasteiger partial charge in [-0.15, -0.1) is 0 Å². The first-order chi connectivity index (χ1) is 16.0. The predicted octanol–water partition coefficient (Wildman–Crippen LogP) is 6.21. The Morgan fingerprint density at radius 1 is 1.12 bits per heavy atom. The SMILES string of the molecule is COc1cc(/C=C2/SC(=S)N(c3ccc(Cl)cc3)C2=O)ccc1OCc1ccccc1C#N. The molecule has 1 amide bonds. The smallest absolute Gasteiger partial charge is 0.270 e. The van der Waals surface area contributed by atoms with E-state index >= 15 is 0 Å². The molecule has 0 unspecified atom stereocenters. The van der Waals surface area contributed by atoms with E-state index in [0.717, 1.165) is 11.1 Å². The van der Waals surface area contributed by atoms with Gasteiger partial charge in [-0.2, -0.15) is 5.26 Å². The van der Waals surface area contributed by atoms with E-state index in [1.165, 1.54) is 16.7 Å². The minimum absolute atomic E-state index is 0.195. The van der Waals surface area contributed by atoms with Gasteiger partial charge in [-0.25, -0.2) is 0 Å². The molecule has 0 spiro atoms. The van der Waals surface area contributed by atoms with Crippen LogP contribution in [-0.4, -0.2) is 17.3 Å². The van der Waals surface area contributed by atoms with Crippen LogP contribution in [0.25, 0.3) is 6.08 Å². The maximum atomic E-state index is 13.0. The summed E-state index contributed by atoms with van der Waals surface area (Å²) in [5, 5.41) is 9.84. The molecule has 3 aromatic rings. The number of methoxy groups -OCH3 is 1. The zero-order chi connectivity index (χ0) is 23.4. The lowest BCUT2D eigenvalue weighted by Gasteiger charge is -2.14. The molecule has 164 valence electrons. The van der Waals surface area contributed by atoms with Crippen molar-refractivity contribution in [1.82, 2.24) is 0 Å². The van der Waals surface area contributed by atoms with Crippen LogP contribution in [0, 0.1) is 11.3 Å². The number of halogens is 1. The normalized spacial score (nSPS) is 14.5. The topological polar surface area (TPSA) is 62.6 Å². The van der Waals surface area contributed by atoms with Crippen molar-refractivity contribution in [2.45, 2.75) is 6.61 Å². The van der Waals surface area contributed by atoms with Crippen molar-refractivity contribution in [3.8, 4) is 17.6 Å². The fraction of sp³-hybridized carbons (Fsp3) is 0.0800. The molecule has 1 fully saturated rings. The molecule has 0 radical (unpaired) electrons. The van der Waals surface area contributed by atoms with Crippen LogP contribution in [0.3, 0.4) is 0 Å². The van der Waals surface area contributed by atoms with E-state index in [-0.39, 0.29) is 12.5 Å². The monoisotopic (exact) mass is 492 g/mol. The maximum absolute atomic E-state index is 13.0. The molecule has 5 nitrogen and oxygen atoms in total. The standard InChI is InChI=1S/C25H17ClN2O3S2/c1-30-22-12-16(6-11-21(22)31-15-18-5-3-2-4-17(18)14-27)13-23-24(29)28(25(32)33-23)20-9-7-19(26)8-10-20/h2-13H,15H2,1H3/b23-13+. The van der Waals surface area contributed by atoms with Crippen LogP contribution in [0.15, 0.2) is 71.6 Å². The Bertz CT molecular complexity index is 1300. The Morgan fingerprint density at radius 3 is 2.61 bits per heavy atom. The van der Waals surface area contributed by atoms with E-state index in [1.54, 1.807) is 55.7 Å². The van der Waals surface area contributed by atoms with Crippen molar-refractivity contribution in [2.75, 3.05) is 12.0 Å². The van der Waals surface area contributed by atoms with Gasteiger partial charge in [0.05, 0.1) is 29.3 Å². The molecule has 1 aliphatic rings. The van der Waals surface area contributed by atoms with Gasteiger partial charge in [0.1, 0.15) is 6.61 Å². The first kappa shape index (κ1) is 22.9. The third-order valence-electron chi connectivity index (χ3n) is 4.88. The first-order valence-corrected chi connectivity index (χ1v) is 11.4. The number of thioether (sulfide) groups is 1. The molecule has 0 atom stereocenters. The van der Waals surface area contributed by atoms with Gasteiger partial charge < -0.3 is 9.47 Å². The van der Waals surface area contributed by atoms with Crippen molar-refractivity contribution in [3.05, 3.63) is 93.3 Å². The number of ether oxygens (including phenoxy) is 2. The molecule has 1 saturated heterocycles. The maximum Gasteiger partial charge on any atom is 0.270 e. The zero-order valence-electron chi connectivity index (χ0n) is 17.4. The van der Waals surface area contributed by atoms with Crippen molar-refractivity contribution >= 4 is 57.6 Å². The molecule has 0 N–H and O–H groups in total. The van der Waals surface area contributed by atoms with Gasteiger partial charge in [-0.1, -0.05) is 59.8 Å². The quantitative estimate of drug-likeness (QED) is 0.301. The van der Waals surface area contributed by atoms with E-state index in [2.05, 4.69) is 6.07 Å². The highest BCUT2D eigenvalue weighted by atomic mass is 35.5. The number of benzene rings is 3. The van der Waals surface area contributed by atoms with Crippen molar-refractivity contribution < 1.29 is 14.3 Å². The second-order valence-electron chi connectivity index (χ2n) is 6.96. The summed E-state index contributed by atoms with van der Waals surface area (Å²) in [7, 11) is 1.55. The molecular weight excluding hydrogens is 476 g/mol. The fourth-order valence-electron chi connectivity index (χ4n) is 3.24. The summed E-state index contributed by atoms with van der Waals surface area (Å²) in [6.07, 6.45) is 1.77. The minimum Gasteiger partial charge on any atom is -0.493 e. The molecule has 0 aromatic heterocycles. The lowest BCUT2D eigenvalue weighted by Crippen LogP contribution is -2.27. The fourth-order valence-corrected chi connectivity index (χ4v) is 4.66. The Morgan fingerprint density at radius 2 is 1.88 bits per heavy atom. The number of thiocarbonyl (C=S) groups is 1. The number of hydrogen-bond donors (Lipinski definition) is 0. The van der Waals surface area contributed by atoms with E-state index in [0.29, 0.717) is 37.0 Å². The lowest BCUT2D eigenvalue weighted by atomic mass is 10.1. The van der Waals surface area contributed by atoms with E-state index in [1.807, 2.05) is 24.3 Å². The van der Waals surface area contributed by atoms with Gasteiger partial charge >= 0.3 is 0 Å². The summed E-state index contributed by atoms with van der Waals surface area (Å²) < 4.78 is 11.8. The lowest BCUT2D eigenvalue weighted by molar-refractivity contribution is -0.113. The van der Waals surface area contributed by atoms with Crippen LogP contribution in [0.2, 0.25) is 5.02 Å². The average Bonchev–Trinajstić information content (AvgIpc) is 3.11. The first-order valence-electron chi connectivity index (χ1n) is 9.82. The van der Waals surface area contributed by atoms with Crippen molar-refractivity contribution in [1.29, 1.82) is 5.26 Å². The largest absolute Gasteiger partial charge is 0.493 e. The van der Waals surface area contributed by atoms with E-state index in [4.69, 9.17) is 33.3 Å². The van der Waals surface area contributed by atoms with Gasteiger partial charge in [0.2, 0.25) is 0 Å². The van der Waals surface area contributed by atoms with Crippen LogP contribution in [0.4, 0.5) is 5.69 Å². The number of anilines is 1. The third kappa shape index (κ3) is 5.04. The van der Waals surface area contributed by atoms with Crippen LogP contribution in [0.5, 0.6) is 11.5 Å². The third-order valence-corrected chi connectivity index (χ3v) is 6.44. The number of amides is 1. The zero-order valence-corrected chi connectivity index (χ0v) is 19.8. The van der Waals surface area contributed by atoms with Crippen molar-refractivity contribution in [2.24, 2.45) is 0 Å². The van der Waals surface area contributed by atoms with Gasteiger partial charge in [0.25, 0.3) is 5.91 Å². The number of nitriles is 1. The number of nitrogens with zero attached hydrogens (tertiary/aromatic N) is 2.